The molecule has 0 aromatic heterocycles. The van der Waals surface area contributed by atoms with Crippen LogP contribution in [0.4, 0.5) is 0 Å². The molecule has 1 aromatic carbocycles. The Morgan fingerprint density at radius 2 is 1.55 bits per heavy atom. The van der Waals surface area contributed by atoms with Crippen molar-refractivity contribution in [1.29, 1.82) is 0 Å². The zero-order chi connectivity index (χ0) is 23.1. The maximum Gasteiger partial charge on any atom is 0.361 e. The van der Waals surface area contributed by atoms with Crippen LogP contribution in [0, 0.1) is 6.92 Å². The molecule has 1 heterocycles. The Morgan fingerprint density at radius 1 is 0.939 bits per heavy atom. The molecule has 0 N–H and O–H groups in total. The fourth-order valence-corrected chi connectivity index (χ4v) is 4.78. The maximum absolute atomic E-state index is 12.6. The third-order valence-corrected chi connectivity index (χ3v) is 6.92. The zero-order valence-electron chi connectivity index (χ0n) is 21.5. The van der Waals surface area contributed by atoms with E-state index >= 15 is 0 Å². The lowest BCUT2D eigenvalue weighted by molar-refractivity contribution is -0.920. The number of rotatable bonds is 15. The minimum atomic E-state index is -0.000525. The molecule has 0 bridgehead atoms. The van der Waals surface area contributed by atoms with Crippen LogP contribution in [0.2, 0.25) is 0 Å². The number of nitrogens with zero attached hydrogens (tertiary/aromatic N) is 1. The van der Waals surface area contributed by atoms with E-state index < -0.39 is 0 Å². The van der Waals surface area contributed by atoms with Crippen molar-refractivity contribution in [3.8, 4) is 0 Å². The van der Waals surface area contributed by atoms with Crippen LogP contribution in [-0.2, 0) is 16.0 Å². The van der Waals surface area contributed by atoms with Crippen LogP contribution in [-0.4, -0.2) is 43.2 Å². The van der Waals surface area contributed by atoms with Crippen LogP contribution in [0.25, 0.3) is 0 Å². The number of piperidine rings is 1. The lowest BCUT2D eigenvalue weighted by Gasteiger charge is -2.40. The Balaban J connectivity index is 0.00000544. The summed E-state index contributed by atoms with van der Waals surface area (Å²) in [5.74, 6) is -0.000525. The Hall–Kier alpha value is -1.32. The van der Waals surface area contributed by atoms with E-state index in [1.165, 1.54) is 80.9 Å². The largest absolute Gasteiger partial charge is 1.00 e. The van der Waals surface area contributed by atoms with Gasteiger partial charge in [0, 0.05) is 0 Å². The molecule has 4 heteroatoms. The van der Waals surface area contributed by atoms with Crippen molar-refractivity contribution in [3.63, 3.8) is 0 Å². The van der Waals surface area contributed by atoms with Gasteiger partial charge in [0.05, 0.1) is 26.2 Å². The normalized spacial score (nSPS) is 15.7. The molecule has 0 atom stereocenters. The number of halogens is 1. The molecule has 2 rings (SSSR count). The predicted octanol–water partition coefficient (Wildman–Crippen LogP) is 4.17. The number of hydrogen-bond acceptors (Lipinski definition) is 2. The van der Waals surface area contributed by atoms with E-state index in [2.05, 4.69) is 51.1 Å². The number of carbonyl (C=O) groups excluding carboxylic acids is 1. The highest BCUT2D eigenvalue weighted by atomic mass is 35.5. The fourth-order valence-electron chi connectivity index (χ4n) is 4.78. The number of likely N-dealkylation sites (tertiary alicyclic amines) is 1. The summed E-state index contributed by atoms with van der Waals surface area (Å²) in [6, 6.07) is 8.81. The van der Waals surface area contributed by atoms with Gasteiger partial charge >= 0.3 is 5.97 Å². The van der Waals surface area contributed by atoms with E-state index in [-0.39, 0.29) is 18.4 Å². The molecule has 33 heavy (non-hydrogen) atoms. The van der Waals surface area contributed by atoms with Gasteiger partial charge in [-0.3, -0.25) is 0 Å². The minimum absolute atomic E-state index is 0. The summed E-state index contributed by atoms with van der Waals surface area (Å²) in [6.07, 6.45) is 17.3. The number of esters is 1. The van der Waals surface area contributed by atoms with E-state index in [4.69, 9.17) is 4.74 Å². The Labute approximate surface area is 210 Å². The average Bonchev–Trinajstić information content (AvgIpc) is 2.79. The first kappa shape index (κ1) is 29.7. The summed E-state index contributed by atoms with van der Waals surface area (Å²) in [7, 11) is 0. The Bertz CT molecular complexity index is 677. The molecule has 0 unspecified atom stereocenters. The molecule has 0 spiro atoms. The summed E-state index contributed by atoms with van der Waals surface area (Å²) < 4.78 is 6.53. The highest BCUT2D eigenvalue weighted by Crippen LogP contribution is 2.20. The van der Waals surface area contributed by atoms with Crippen LogP contribution < -0.4 is 12.4 Å². The lowest BCUT2D eigenvalue weighted by atomic mass is 10.0. The number of unbranched alkanes of at least 4 members (excludes halogenated alkanes) is 7. The van der Waals surface area contributed by atoms with Crippen molar-refractivity contribution in [2.24, 2.45) is 0 Å². The fraction of sp³-hybridized carbons (Fsp3) is 0.690. The molecule has 0 amide bonds. The van der Waals surface area contributed by atoms with Gasteiger partial charge in [-0.25, -0.2) is 4.79 Å². The molecule has 3 nitrogen and oxygen atoms in total. The molecule has 1 aliphatic heterocycles. The van der Waals surface area contributed by atoms with Crippen LogP contribution >= 0.6 is 0 Å². The Kier molecular flexibility index (Phi) is 15.5. The molecule has 1 aliphatic rings. The van der Waals surface area contributed by atoms with Crippen molar-refractivity contribution >= 4 is 5.97 Å². The predicted molar refractivity (Wildman–Crippen MR) is 136 cm³/mol. The standard InChI is InChI=1S/C29H48NO2.ClH/c1-4-5-6-7-8-9-10-14-23-32-29(31)25-30(20-12-11-13-21-30)22-19-27(3)24-28-17-15-26(2)16-18-28;/h15-19H,4-14,20-25H2,1-3H3;1H/q+1;/p-1/b27-19+;. The third kappa shape index (κ3) is 12.6. The summed E-state index contributed by atoms with van der Waals surface area (Å²) in [6.45, 7) is 10.9. The van der Waals surface area contributed by atoms with Crippen molar-refractivity contribution < 1.29 is 26.4 Å². The first-order chi connectivity index (χ1) is 15.5. The van der Waals surface area contributed by atoms with Gasteiger partial charge in [0.2, 0.25) is 0 Å². The third-order valence-electron chi connectivity index (χ3n) is 6.92. The average molecular weight is 478 g/mol. The van der Waals surface area contributed by atoms with Crippen LogP contribution in [0.3, 0.4) is 0 Å². The molecule has 0 aliphatic carbocycles. The van der Waals surface area contributed by atoms with E-state index in [0.29, 0.717) is 13.2 Å². The molecule has 1 fully saturated rings. The van der Waals surface area contributed by atoms with Gasteiger partial charge in [-0.05, 0) is 57.6 Å². The number of carbonyl (C=O) groups is 1. The van der Waals surface area contributed by atoms with Gasteiger partial charge in [-0.15, -0.1) is 0 Å². The molecular weight excluding hydrogens is 430 g/mol. The molecule has 1 aromatic rings. The van der Waals surface area contributed by atoms with E-state index in [1.54, 1.807) is 0 Å². The summed E-state index contributed by atoms with van der Waals surface area (Å²) in [4.78, 5) is 12.6. The zero-order valence-corrected chi connectivity index (χ0v) is 22.3. The van der Waals surface area contributed by atoms with Gasteiger partial charge in [-0.2, -0.15) is 0 Å². The second-order valence-corrected chi connectivity index (χ2v) is 10.1. The smallest absolute Gasteiger partial charge is 0.361 e. The van der Waals surface area contributed by atoms with E-state index in [0.717, 1.165) is 37.0 Å². The van der Waals surface area contributed by atoms with E-state index in [1.807, 2.05) is 0 Å². The second-order valence-electron chi connectivity index (χ2n) is 10.1. The number of allylic oxidation sites excluding steroid dienone is 1. The van der Waals surface area contributed by atoms with Gasteiger partial charge in [0.25, 0.3) is 0 Å². The van der Waals surface area contributed by atoms with Crippen molar-refractivity contribution in [2.75, 3.05) is 32.8 Å². The van der Waals surface area contributed by atoms with Crippen molar-refractivity contribution in [3.05, 3.63) is 47.0 Å². The number of hydrogen-bond donors (Lipinski definition) is 0. The molecule has 1 saturated heterocycles. The number of ether oxygens (including phenoxy) is 1. The van der Waals surface area contributed by atoms with Crippen LogP contribution in [0.15, 0.2) is 35.9 Å². The topological polar surface area (TPSA) is 26.3 Å². The van der Waals surface area contributed by atoms with Crippen LogP contribution in [0.5, 0.6) is 0 Å². The minimum Gasteiger partial charge on any atom is -1.00 e. The quantitative estimate of drug-likeness (QED) is 0.164. The monoisotopic (exact) mass is 477 g/mol. The van der Waals surface area contributed by atoms with Crippen LogP contribution in [0.1, 0.15) is 95.6 Å². The first-order valence-electron chi connectivity index (χ1n) is 13.2. The molecule has 188 valence electrons. The van der Waals surface area contributed by atoms with Gasteiger partial charge in [-0.1, -0.05) is 87.3 Å². The highest BCUT2D eigenvalue weighted by Gasteiger charge is 2.32. The van der Waals surface area contributed by atoms with Crippen molar-refractivity contribution in [1.82, 2.24) is 0 Å². The highest BCUT2D eigenvalue weighted by molar-refractivity contribution is 5.70. The number of aryl methyl sites for hydroxylation is 1. The lowest BCUT2D eigenvalue weighted by Crippen LogP contribution is -3.00. The van der Waals surface area contributed by atoms with Gasteiger partial charge in [0.1, 0.15) is 0 Å². The summed E-state index contributed by atoms with van der Waals surface area (Å²) in [5, 5.41) is 0. The van der Waals surface area contributed by atoms with Gasteiger partial charge < -0.3 is 21.6 Å². The van der Waals surface area contributed by atoms with Gasteiger partial charge in [0.15, 0.2) is 6.54 Å². The molecule has 0 saturated carbocycles. The molecular formula is C29H48ClNO2. The second kappa shape index (κ2) is 17.2. The number of benzene rings is 1. The number of quaternary nitrogens is 1. The summed E-state index contributed by atoms with van der Waals surface area (Å²) >= 11 is 0. The first-order valence-corrected chi connectivity index (χ1v) is 13.2. The van der Waals surface area contributed by atoms with Crippen molar-refractivity contribution in [2.45, 2.75) is 97.8 Å². The SMILES string of the molecule is CCCCCCCCCCOC(=O)C[N+]1(C/C=C(\C)Cc2ccc(C)cc2)CCCCC1.[Cl-]. The maximum atomic E-state index is 12.6. The Morgan fingerprint density at radius 3 is 2.18 bits per heavy atom. The molecule has 0 radical (unpaired) electrons. The van der Waals surface area contributed by atoms with E-state index in [9.17, 15) is 4.79 Å². The summed E-state index contributed by atoms with van der Waals surface area (Å²) in [5.41, 5.74) is 4.06.